The number of anilines is 1. The van der Waals surface area contributed by atoms with E-state index in [9.17, 15) is 9.59 Å². The summed E-state index contributed by atoms with van der Waals surface area (Å²) in [7, 11) is 0. The summed E-state index contributed by atoms with van der Waals surface area (Å²) in [5.41, 5.74) is 6.07. The SMILES string of the molecule is Cc1cccc(-n2c(SCC(=O)Nc3ccccc3Cl)nc3c(c2=O)C2(CCCCC2)Cc2ccccc2-3)c1. The van der Waals surface area contributed by atoms with Crippen LogP contribution in [0, 0.1) is 6.92 Å². The molecule has 1 heterocycles. The van der Waals surface area contributed by atoms with Gasteiger partial charge in [-0.1, -0.05) is 91.2 Å². The van der Waals surface area contributed by atoms with Crippen molar-refractivity contribution in [3.05, 3.63) is 105 Å². The number of aryl methyl sites for hydroxylation is 1. The van der Waals surface area contributed by atoms with Gasteiger partial charge in [0.05, 0.1) is 33.4 Å². The van der Waals surface area contributed by atoms with Crippen molar-refractivity contribution in [3.8, 4) is 16.9 Å². The van der Waals surface area contributed by atoms with Gasteiger partial charge in [-0.05, 0) is 61.6 Å². The fraction of sp³-hybridized carbons (Fsp3) is 0.281. The number of nitrogens with zero attached hydrogens (tertiary/aromatic N) is 2. The Hall–Kier alpha value is -3.35. The van der Waals surface area contributed by atoms with E-state index in [1.165, 1.54) is 23.7 Å². The van der Waals surface area contributed by atoms with Gasteiger partial charge in [-0.25, -0.2) is 4.98 Å². The monoisotopic (exact) mass is 555 g/mol. The minimum atomic E-state index is -0.208. The van der Waals surface area contributed by atoms with Crippen molar-refractivity contribution in [1.82, 2.24) is 9.55 Å². The van der Waals surface area contributed by atoms with E-state index in [-0.39, 0.29) is 22.6 Å². The quantitative estimate of drug-likeness (QED) is 0.206. The molecule has 5 nitrogen and oxygen atoms in total. The van der Waals surface area contributed by atoms with E-state index in [0.29, 0.717) is 15.9 Å². The molecular weight excluding hydrogens is 526 g/mol. The summed E-state index contributed by atoms with van der Waals surface area (Å²) in [6.45, 7) is 2.02. The van der Waals surface area contributed by atoms with E-state index >= 15 is 0 Å². The molecule has 198 valence electrons. The minimum Gasteiger partial charge on any atom is -0.324 e. The molecular formula is C32H30ClN3O2S. The average Bonchev–Trinajstić information content (AvgIpc) is 2.93. The van der Waals surface area contributed by atoms with Crippen LogP contribution in [0.3, 0.4) is 0 Å². The van der Waals surface area contributed by atoms with Crippen molar-refractivity contribution >= 4 is 35.0 Å². The molecule has 4 aromatic rings. The van der Waals surface area contributed by atoms with Gasteiger partial charge in [0.2, 0.25) is 5.91 Å². The van der Waals surface area contributed by atoms with Crippen molar-refractivity contribution in [1.29, 1.82) is 0 Å². The summed E-state index contributed by atoms with van der Waals surface area (Å²) in [6.07, 6.45) is 6.28. The lowest BCUT2D eigenvalue weighted by molar-refractivity contribution is -0.113. The summed E-state index contributed by atoms with van der Waals surface area (Å²) >= 11 is 7.52. The molecule has 39 heavy (non-hydrogen) atoms. The number of hydrogen-bond acceptors (Lipinski definition) is 4. The van der Waals surface area contributed by atoms with E-state index in [4.69, 9.17) is 16.6 Å². The highest BCUT2D eigenvalue weighted by Crippen LogP contribution is 2.49. The molecule has 0 aliphatic heterocycles. The van der Waals surface area contributed by atoms with Crippen molar-refractivity contribution in [2.45, 2.75) is 56.0 Å². The largest absolute Gasteiger partial charge is 0.324 e. The van der Waals surface area contributed by atoms with E-state index in [0.717, 1.165) is 60.2 Å². The molecule has 1 saturated carbocycles. The third-order valence-corrected chi connectivity index (χ3v) is 9.20. The van der Waals surface area contributed by atoms with Crippen LogP contribution in [0.15, 0.2) is 82.7 Å². The van der Waals surface area contributed by atoms with Crippen LogP contribution in [0.25, 0.3) is 16.9 Å². The first-order valence-electron chi connectivity index (χ1n) is 13.5. The smallest absolute Gasteiger partial charge is 0.263 e. The fourth-order valence-electron chi connectivity index (χ4n) is 6.16. The Morgan fingerprint density at radius 3 is 2.59 bits per heavy atom. The van der Waals surface area contributed by atoms with Gasteiger partial charge in [-0.2, -0.15) is 0 Å². The van der Waals surface area contributed by atoms with Gasteiger partial charge in [0.1, 0.15) is 0 Å². The molecule has 1 N–H and O–H groups in total. The van der Waals surface area contributed by atoms with Gasteiger partial charge in [-0.15, -0.1) is 0 Å². The molecule has 0 unspecified atom stereocenters. The van der Waals surface area contributed by atoms with E-state index in [2.05, 4.69) is 23.5 Å². The molecule has 0 radical (unpaired) electrons. The molecule has 0 saturated heterocycles. The van der Waals surface area contributed by atoms with Gasteiger partial charge in [0.15, 0.2) is 5.16 Å². The van der Waals surface area contributed by atoms with Crippen molar-refractivity contribution in [2.24, 2.45) is 0 Å². The van der Waals surface area contributed by atoms with Crippen molar-refractivity contribution < 1.29 is 4.79 Å². The number of aromatic nitrogens is 2. The molecule has 6 rings (SSSR count). The predicted molar refractivity (Wildman–Crippen MR) is 159 cm³/mol. The average molecular weight is 556 g/mol. The lowest BCUT2D eigenvalue weighted by atomic mass is 9.62. The number of rotatable bonds is 5. The molecule has 3 aromatic carbocycles. The van der Waals surface area contributed by atoms with E-state index < -0.39 is 0 Å². The molecule has 1 fully saturated rings. The zero-order valence-electron chi connectivity index (χ0n) is 21.9. The second-order valence-electron chi connectivity index (χ2n) is 10.6. The van der Waals surface area contributed by atoms with E-state index in [1.54, 1.807) is 16.7 Å². The maximum atomic E-state index is 14.6. The number of fused-ring (bicyclic) bond motifs is 4. The molecule has 0 bridgehead atoms. The highest BCUT2D eigenvalue weighted by atomic mass is 35.5. The Labute approximate surface area is 237 Å². The Morgan fingerprint density at radius 1 is 1.03 bits per heavy atom. The Morgan fingerprint density at radius 2 is 1.79 bits per heavy atom. The van der Waals surface area contributed by atoms with Gasteiger partial charge in [-0.3, -0.25) is 14.2 Å². The summed E-state index contributed by atoms with van der Waals surface area (Å²) in [6, 6.07) is 23.4. The Bertz CT molecular complexity index is 1620. The molecule has 7 heteroatoms. The van der Waals surface area contributed by atoms with Crippen LogP contribution >= 0.6 is 23.4 Å². The normalized spacial score (nSPS) is 15.4. The van der Waals surface area contributed by atoms with Gasteiger partial charge in [0, 0.05) is 11.0 Å². The predicted octanol–water partition coefficient (Wildman–Crippen LogP) is 7.35. The first-order valence-corrected chi connectivity index (χ1v) is 14.8. The topological polar surface area (TPSA) is 64.0 Å². The first-order chi connectivity index (χ1) is 18.9. The number of hydrogen-bond donors (Lipinski definition) is 1. The first kappa shape index (κ1) is 25.9. The number of thioether (sulfide) groups is 1. The number of nitrogens with one attached hydrogen (secondary N) is 1. The Kier molecular flexibility index (Phi) is 7.08. The highest BCUT2D eigenvalue weighted by molar-refractivity contribution is 7.99. The lowest BCUT2D eigenvalue weighted by Crippen LogP contribution is -2.43. The highest BCUT2D eigenvalue weighted by Gasteiger charge is 2.43. The summed E-state index contributed by atoms with van der Waals surface area (Å²) in [4.78, 5) is 32.7. The second kappa shape index (κ2) is 10.7. The zero-order chi connectivity index (χ0) is 27.0. The minimum absolute atomic E-state index is 0.0176. The van der Waals surface area contributed by atoms with Crippen molar-refractivity contribution in [3.63, 3.8) is 0 Å². The lowest BCUT2D eigenvalue weighted by Gasteiger charge is -2.42. The molecule has 1 aromatic heterocycles. The number of carbonyl (C=O) groups excluding carboxylic acids is 1. The van der Waals surface area contributed by atoms with Crippen LogP contribution in [-0.4, -0.2) is 21.2 Å². The second-order valence-corrected chi connectivity index (χ2v) is 11.9. The number of benzene rings is 3. The molecule has 2 aliphatic rings. The third-order valence-electron chi connectivity index (χ3n) is 7.93. The standard InChI is InChI=1S/C32H30ClN3O2S/c1-21-10-9-12-23(18-21)36-30(38)28-29(24-13-4-3-11-22(24)19-32(28)16-7-2-8-17-32)35-31(36)39-20-27(37)34-26-15-6-5-14-25(26)33/h3-6,9-15,18H,2,7-8,16-17,19-20H2,1H3,(H,34,37). The zero-order valence-corrected chi connectivity index (χ0v) is 23.4. The van der Waals surface area contributed by atoms with Gasteiger partial charge in [0.25, 0.3) is 5.56 Å². The van der Waals surface area contributed by atoms with E-state index in [1.807, 2.05) is 49.4 Å². The van der Waals surface area contributed by atoms with Gasteiger partial charge < -0.3 is 5.32 Å². The fourth-order valence-corrected chi connectivity index (χ4v) is 7.15. The summed E-state index contributed by atoms with van der Waals surface area (Å²) in [5.74, 6) is -0.116. The molecule has 2 aliphatic carbocycles. The Balaban J connectivity index is 1.48. The number of amides is 1. The van der Waals surface area contributed by atoms with Crippen LogP contribution < -0.4 is 10.9 Å². The van der Waals surface area contributed by atoms with Gasteiger partial charge >= 0.3 is 0 Å². The number of halogens is 1. The maximum Gasteiger partial charge on any atom is 0.263 e. The number of carbonyl (C=O) groups is 1. The maximum absolute atomic E-state index is 14.6. The van der Waals surface area contributed by atoms with Crippen LogP contribution in [0.2, 0.25) is 5.02 Å². The summed E-state index contributed by atoms with van der Waals surface area (Å²) in [5, 5.41) is 3.88. The molecule has 0 atom stereocenters. The van der Waals surface area contributed by atoms with Crippen LogP contribution in [-0.2, 0) is 16.6 Å². The van der Waals surface area contributed by atoms with Crippen LogP contribution in [0.1, 0.15) is 48.8 Å². The third kappa shape index (κ3) is 4.92. The van der Waals surface area contributed by atoms with Crippen molar-refractivity contribution in [2.75, 3.05) is 11.1 Å². The summed E-state index contributed by atoms with van der Waals surface area (Å²) < 4.78 is 1.73. The van der Waals surface area contributed by atoms with Crippen LogP contribution in [0.4, 0.5) is 5.69 Å². The number of para-hydroxylation sites is 1. The molecule has 1 spiro atoms. The van der Waals surface area contributed by atoms with Crippen LogP contribution in [0.5, 0.6) is 0 Å². The molecule has 1 amide bonds.